The number of hydrogen-bond donors (Lipinski definition) is 4. The van der Waals surface area contributed by atoms with E-state index in [0.29, 0.717) is 26.1 Å². The number of benzene rings is 2. The molecule has 5 N–H and O–H groups in total. The van der Waals surface area contributed by atoms with Crippen LogP contribution in [0.15, 0.2) is 42.6 Å². The zero-order valence-corrected chi connectivity index (χ0v) is 25.5. The number of carbonyl (C=O) groups excluding carboxylic acids is 1. The predicted molar refractivity (Wildman–Crippen MR) is 168 cm³/mol. The molecule has 0 bridgehead atoms. The van der Waals surface area contributed by atoms with Gasteiger partial charge in [-0.15, -0.1) is 0 Å². The highest BCUT2D eigenvalue weighted by molar-refractivity contribution is 7.89. The summed E-state index contributed by atoms with van der Waals surface area (Å²) in [5.41, 5.74) is 11.7. The molecule has 228 valence electrons. The Morgan fingerprint density at radius 2 is 1.88 bits per heavy atom. The average molecular weight is 596 g/mol. The summed E-state index contributed by atoms with van der Waals surface area (Å²) in [6, 6.07) is 12.5. The summed E-state index contributed by atoms with van der Waals surface area (Å²) < 4.78 is 27.8. The minimum absolute atomic E-state index is 0.00548. The van der Waals surface area contributed by atoms with E-state index in [-0.39, 0.29) is 36.6 Å². The lowest BCUT2D eigenvalue weighted by Crippen LogP contribution is -2.39. The number of carbonyl (C=O) groups is 1. The van der Waals surface area contributed by atoms with Crippen molar-refractivity contribution in [3.05, 3.63) is 59.3 Å². The average Bonchev–Trinajstić information content (AvgIpc) is 3.66. The molecule has 42 heavy (non-hydrogen) atoms. The van der Waals surface area contributed by atoms with Gasteiger partial charge >= 0.3 is 0 Å². The molecule has 2 aromatic carbocycles. The molecule has 1 amide bonds. The Balaban J connectivity index is 1.33. The van der Waals surface area contributed by atoms with Crippen molar-refractivity contribution in [2.75, 3.05) is 45.1 Å². The van der Waals surface area contributed by atoms with Crippen molar-refractivity contribution in [1.29, 1.82) is 0 Å². The first-order valence-electron chi connectivity index (χ1n) is 15.3. The number of hydrogen-bond acceptors (Lipinski definition) is 6. The summed E-state index contributed by atoms with van der Waals surface area (Å²) in [6.45, 7) is 6.75. The standard InChI is InChI=1S/C32H45N5O4S/c1-23(22-38)34-20-24-6-4-7-26(16-24)27-17-28(19-31(33)39)32-29(18-27)30(21-35-32)25-8-13-37(14-9-25)42(40,41)15-5-12-36-10-2-3-11-36/h4,6-7,16-18,21,23,25,34-35,38H,2-3,5,8-15,19-20,22H2,1H3,(H2,33,39)/t23-/m0/s1. The molecule has 0 saturated carbocycles. The van der Waals surface area contributed by atoms with Gasteiger partial charge in [-0.25, -0.2) is 12.7 Å². The van der Waals surface area contributed by atoms with E-state index in [2.05, 4.69) is 39.5 Å². The first-order valence-corrected chi connectivity index (χ1v) is 16.9. The van der Waals surface area contributed by atoms with Crippen molar-refractivity contribution in [2.24, 2.45) is 5.73 Å². The molecule has 2 fully saturated rings. The van der Waals surface area contributed by atoms with E-state index >= 15 is 0 Å². The lowest BCUT2D eigenvalue weighted by Gasteiger charge is -2.31. The molecule has 1 aromatic heterocycles. The van der Waals surface area contributed by atoms with Crippen LogP contribution in [0.25, 0.3) is 22.0 Å². The first kappa shape index (κ1) is 30.7. The van der Waals surface area contributed by atoms with Gasteiger partial charge in [0.25, 0.3) is 0 Å². The highest BCUT2D eigenvalue weighted by atomic mass is 32.2. The van der Waals surface area contributed by atoms with Crippen LogP contribution in [-0.2, 0) is 27.8 Å². The molecule has 2 aliphatic heterocycles. The summed E-state index contributed by atoms with van der Waals surface area (Å²) in [5.74, 6) is 0.0555. The van der Waals surface area contributed by atoms with Crippen LogP contribution in [0.3, 0.4) is 0 Å². The quantitative estimate of drug-likeness (QED) is 0.240. The number of nitrogens with two attached hydrogens (primary N) is 1. The number of likely N-dealkylation sites (tertiary alicyclic amines) is 1. The number of aliphatic hydroxyl groups is 1. The molecule has 5 rings (SSSR count). The maximum Gasteiger partial charge on any atom is 0.221 e. The third kappa shape index (κ3) is 7.41. The Bertz CT molecular complexity index is 1470. The highest BCUT2D eigenvalue weighted by Gasteiger charge is 2.30. The van der Waals surface area contributed by atoms with Gasteiger partial charge in [-0.2, -0.15) is 0 Å². The summed E-state index contributed by atoms with van der Waals surface area (Å²) in [6.07, 6.45) is 6.81. The number of H-pyrrole nitrogens is 1. The molecule has 3 aromatic rings. The van der Waals surface area contributed by atoms with Crippen LogP contribution in [0, 0.1) is 0 Å². The van der Waals surface area contributed by atoms with Gasteiger partial charge in [0.1, 0.15) is 0 Å². The number of primary amides is 1. The van der Waals surface area contributed by atoms with Gasteiger partial charge in [-0.05, 0) is 111 Å². The number of aromatic amines is 1. The van der Waals surface area contributed by atoms with E-state index in [1.807, 2.05) is 25.3 Å². The molecule has 3 heterocycles. The maximum atomic E-state index is 13.1. The van der Waals surface area contributed by atoms with Crippen molar-refractivity contribution in [3.8, 4) is 11.1 Å². The number of piperidine rings is 1. The largest absolute Gasteiger partial charge is 0.395 e. The van der Waals surface area contributed by atoms with Crippen molar-refractivity contribution < 1.29 is 18.3 Å². The smallest absolute Gasteiger partial charge is 0.221 e. The fourth-order valence-corrected chi connectivity index (χ4v) is 7.95. The van der Waals surface area contributed by atoms with Gasteiger partial charge in [0.05, 0.1) is 18.8 Å². The number of sulfonamides is 1. The van der Waals surface area contributed by atoms with Gasteiger partial charge in [-0.1, -0.05) is 18.2 Å². The van der Waals surface area contributed by atoms with Crippen molar-refractivity contribution in [3.63, 3.8) is 0 Å². The molecule has 0 spiro atoms. The topological polar surface area (TPSA) is 132 Å². The van der Waals surface area contributed by atoms with Crippen LogP contribution >= 0.6 is 0 Å². The number of amides is 1. The number of rotatable bonds is 13. The number of fused-ring (bicyclic) bond motifs is 1. The minimum Gasteiger partial charge on any atom is -0.395 e. The third-order valence-corrected chi connectivity index (χ3v) is 10.8. The van der Waals surface area contributed by atoms with Gasteiger partial charge in [0.2, 0.25) is 15.9 Å². The van der Waals surface area contributed by atoms with Gasteiger partial charge in [0.15, 0.2) is 0 Å². The number of aromatic nitrogens is 1. The van der Waals surface area contributed by atoms with E-state index in [4.69, 9.17) is 5.73 Å². The molecule has 0 aliphatic carbocycles. The van der Waals surface area contributed by atoms with E-state index in [1.54, 1.807) is 4.31 Å². The lowest BCUT2D eigenvalue weighted by atomic mass is 9.88. The fraction of sp³-hybridized carbons (Fsp3) is 0.531. The lowest BCUT2D eigenvalue weighted by molar-refractivity contribution is -0.117. The van der Waals surface area contributed by atoms with Gasteiger partial charge < -0.3 is 26.0 Å². The second-order valence-corrected chi connectivity index (χ2v) is 14.1. The zero-order chi connectivity index (χ0) is 29.7. The van der Waals surface area contributed by atoms with Crippen molar-refractivity contribution in [2.45, 2.75) is 64.0 Å². The molecule has 10 heteroatoms. The SMILES string of the molecule is C[C@@H](CO)NCc1cccc(-c2cc(CC(N)=O)c3[nH]cc(C4CCN(S(=O)(=O)CCCN5CCCC5)CC4)c3c2)c1. The van der Waals surface area contributed by atoms with Crippen molar-refractivity contribution >= 4 is 26.8 Å². The second kappa shape index (κ2) is 13.7. The molecule has 1 atom stereocenters. The van der Waals surface area contributed by atoms with Crippen LogP contribution < -0.4 is 11.1 Å². The minimum atomic E-state index is -3.26. The Morgan fingerprint density at radius 3 is 2.60 bits per heavy atom. The van der Waals surface area contributed by atoms with Crippen LogP contribution in [0.1, 0.15) is 61.6 Å². The number of nitrogens with one attached hydrogen (secondary N) is 2. The van der Waals surface area contributed by atoms with Gasteiger partial charge in [0, 0.05) is 42.8 Å². The predicted octanol–water partition coefficient (Wildman–Crippen LogP) is 3.33. The number of nitrogens with zero attached hydrogens (tertiary/aromatic N) is 2. The Kier molecular flexibility index (Phi) is 10.0. The van der Waals surface area contributed by atoms with Crippen LogP contribution in [0.5, 0.6) is 0 Å². The summed E-state index contributed by atoms with van der Waals surface area (Å²) in [5, 5.41) is 13.7. The molecule has 2 aliphatic rings. The normalized spacial score (nSPS) is 18.1. The van der Waals surface area contributed by atoms with Gasteiger partial charge in [-0.3, -0.25) is 4.79 Å². The van der Waals surface area contributed by atoms with Crippen LogP contribution in [0.2, 0.25) is 0 Å². The Morgan fingerprint density at radius 1 is 1.12 bits per heavy atom. The van der Waals surface area contributed by atoms with E-state index in [1.165, 1.54) is 18.4 Å². The van der Waals surface area contributed by atoms with Crippen LogP contribution in [-0.4, -0.2) is 84.7 Å². The molecular formula is C32H45N5O4S. The zero-order valence-electron chi connectivity index (χ0n) is 24.6. The summed E-state index contributed by atoms with van der Waals surface area (Å²) >= 11 is 0. The molecule has 9 nitrogen and oxygen atoms in total. The number of aliphatic hydroxyl groups excluding tert-OH is 1. The molecular weight excluding hydrogens is 550 g/mol. The maximum absolute atomic E-state index is 13.1. The van der Waals surface area contributed by atoms with E-state index < -0.39 is 10.0 Å². The van der Waals surface area contributed by atoms with Crippen molar-refractivity contribution in [1.82, 2.24) is 19.5 Å². The Labute approximate surface area is 249 Å². The Hall–Kier alpha value is -2.76. The first-order chi connectivity index (χ1) is 20.2. The second-order valence-electron chi connectivity index (χ2n) is 12.0. The van der Waals surface area contributed by atoms with Crippen LogP contribution in [0.4, 0.5) is 0 Å². The molecule has 0 radical (unpaired) electrons. The molecule has 2 saturated heterocycles. The monoisotopic (exact) mass is 595 g/mol. The molecule has 0 unspecified atom stereocenters. The van der Waals surface area contributed by atoms with E-state index in [0.717, 1.165) is 65.6 Å². The third-order valence-electron chi connectivity index (χ3n) is 8.82. The summed E-state index contributed by atoms with van der Waals surface area (Å²) in [4.78, 5) is 17.8. The summed E-state index contributed by atoms with van der Waals surface area (Å²) in [7, 11) is -3.26. The highest BCUT2D eigenvalue weighted by Crippen LogP contribution is 2.37. The fourth-order valence-electron chi connectivity index (χ4n) is 6.43. The van der Waals surface area contributed by atoms with E-state index in [9.17, 15) is 18.3 Å².